The minimum absolute atomic E-state index is 0.0778. The van der Waals surface area contributed by atoms with Gasteiger partial charge in [-0.1, -0.05) is 36.6 Å². The normalized spacial score (nSPS) is 10.8. The maximum absolute atomic E-state index is 12.8. The summed E-state index contributed by atoms with van der Waals surface area (Å²) in [5, 5.41) is 3.25. The number of terminal acetylenes is 1. The van der Waals surface area contributed by atoms with Gasteiger partial charge in [0.15, 0.2) is 0 Å². The van der Waals surface area contributed by atoms with Crippen LogP contribution in [0.5, 0.6) is 0 Å². The molecular weight excluding hydrogens is 316 g/mol. The molecule has 0 aliphatic rings. The number of benzene rings is 1. The molecule has 0 N–H and O–H groups in total. The molecule has 2 heterocycles. The van der Waals surface area contributed by atoms with Crippen LogP contribution >= 0.6 is 22.9 Å². The lowest BCUT2D eigenvalue weighted by Crippen LogP contribution is -2.24. The van der Waals surface area contributed by atoms with E-state index in [0.717, 1.165) is 21.8 Å². The van der Waals surface area contributed by atoms with Gasteiger partial charge in [0, 0.05) is 22.4 Å². The Hall–Kier alpha value is -2.09. The third-order valence-corrected chi connectivity index (χ3v) is 4.62. The molecule has 2 aromatic heterocycles. The van der Waals surface area contributed by atoms with Gasteiger partial charge in [0.05, 0.1) is 11.9 Å². The number of halogens is 1. The monoisotopic (exact) mass is 328 g/mol. The maximum Gasteiger partial charge on any atom is 0.263 e. The first-order chi connectivity index (χ1) is 10.7. The molecule has 110 valence electrons. The smallest absolute Gasteiger partial charge is 0.263 e. The van der Waals surface area contributed by atoms with Gasteiger partial charge < -0.3 is 0 Å². The fourth-order valence-corrected chi connectivity index (χ4v) is 3.52. The van der Waals surface area contributed by atoms with E-state index in [-0.39, 0.29) is 12.1 Å². The van der Waals surface area contributed by atoms with Gasteiger partial charge in [0.1, 0.15) is 10.7 Å². The first-order valence-electron chi connectivity index (χ1n) is 6.86. The molecule has 0 fully saturated rings. The van der Waals surface area contributed by atoms with Crippen molar-refractivity contribution < 1.29 is 0 Å². The predicted octanol–water partition coefficient (Wildman–Crippen LogP) is 3.97. The highest BCUT2D eigenvalue weighted by Gasteiger charge is 2.15. The van der Waals surface area contributed by atoms with Gasteiger partial charge in [0.2, 0.25) is 0 Å². The fourth-order valence-electron chi connectivity index (χ4n) is 2.43. The quantitative estimate of drug-likeness (QED) is 0.682. The van der Waals surface area contributed by atoms with Crippen molar-refractivity contribution >= 4 is 33.2 Å². The summed E-state index contributed by atoms with van der Waals surface area (Å²) in [6, 6.07) is 7.44. The second-order valence-corrected chi connectivity index (χ2v) is 6.11. The van der Waals surface area contributed by atoms with Gasteiger partial charge in [-0.15, -0.1) is 17.8 Å². The SMILES string of the molecule is C#CCn1c(CC)nc2scc(-c3ccc(Cl)cc3)c2c1=O. The minimum Gasteiger partial charge on any atom is -0.284 e. The molecule has 0 spiro atoms. The van der Waals surface area contributed by atoms with Crippen LogP contribution in [-0.2, 0) is 13.0 Å². The molecule has 0 aliphatic carbocycles. The molecule has 0 atom stereocenters. The minimum atomic E-state index is -0.0778. The van der Waals surface area contributed by atoms with Gasteiger partial charge in [-0.05, 0) is 17.7 Å². The molecule has 1 aromatic carbocycles. The molecule has 3 aromatic rings. The lowest BCUT2D eigenvalue weighted by Gasteiger charge is -2.08. The van der Waals surface area contributed by atoms with E-state index in [0.29, 0.717) is 16.8 Å². The molecule has 0 bridgehead atoms. The average molecular weight is 329 g/mol. The summed E-state index contributed by atoms with van der Waals surface area (Å²) in [7, 11) is 0. The fraction of sp³-hybridized carbons (Fsp3) is 0.176. The Kier molecular flexibility index (Phi) is 4.02. The van der Waals surface area contributed by atoms with E-state index >= 15 is 0 Å². The summed E-state index contributed by atoms with van der Waals surface area (Å²) in [5.74, 6) is 3.25. The molecule has 0 amide bonds. The van der Waals surface area contributed by atoms with E-state index in [9.17, 15) is 4.79 Å². The first-order valence-corrected chi connectivity index (χ1v) is 8.11. The highest BCUT2D eigenvalue weighted by molar-refractivity contribution is 7.17. The van der Waals surface area contributed by atoms with E-state index in [1.54, 1.807) is 4.57 Å². The van der Waals surface area contributed by atoms with Crippen molar-refractivity contribution in [2.75, 3.05) is 0 Å². The summed E-state index contributed by atoms with van der Waals surface area (Å²) >= 11 is 7.41. The van der Waals surface area contributed by atoms with Crippen molar-refractivity contribution in [1.29, 1.82) is 0 Å². The number of thiophene rings is 1. The molecule has 0 saturated carbocycles. The largest absolute Gasteiger partial charge is 0.284 e. The van der Waals surface area contributed by atoms with E-state index < -0.39 is 0 Å². The number of nitrogens with zero attached hydrogens (tertiary/aromatic N) is 2. The van der Waals surface area contributed by atoms with E-state index in [1.807, 2.05) is 36.6 Å². The number of hydrogen-bond donors (Lipinski definition) is 0. The lowest BCUT2D eigenvalue weighted by atomic mass is 10.1. The third-order valence-electron chi connectivity index (χ3n) is 3.49. The number of hydrogen-bond acceptors (Lipinski definition) is 3. The van der Waals surface area contributed by atoms with Crippen molar-refractivity contribution in [2.24, 2.45) is 0 Å². The van der Waals surface area contributed by atoms with Crippen LogP contribution in [0.1, 0.15) is 12.7 Å². The Balaban J connectivity index is 2.31. The number of fused-ring (bicyclic) bond motifs is 1. The molecule has 3 rings (SSSR count). The van der Waals surface area contributed by atoms with E-state index in [4.69, 9.17) is 18.0 Å². The van der Waals surface area contributed by atoms with Crippen LogP contribution in [-0.4, -0.2) is 9.55 Å². The van der Waals surface area contributed by atoms with Crippen LogP contribution < -0.4 is 5.56 Å². The van der Waals surface area contributed by atoms with Gasteiger partial charge in [0.25, 0.3) is 5.56 Å². The summed E-state index contributed by atoms with van der Waals surface area (Å²) in [6.45, 7) is 2.20. The second-order valence-electron chi connectivity index (χ2n) is 4.81. The number of rotatable bonds is 3. The van der Waals surface area contributed by atoms with Crippen LogP contribution in [0, 0.1) is 12.3 Å². The standard InChI is InChI=1S/C17H13ClN2OS/c1-3-9-20-14(4-2)19-16-15(17(20)21)13(10-22-16)11-5-7-12(18)8-6-11/h1,5-8,10H,4,9H2,2H3. The van der Waals surface area contributed by atoms with Crippen LogP contribution in [0.3, 0.4) is 0 Å². The second kappa shape index (κ2) is 5.96. The molecule has 22 heavy (non-hydrogen) atoms. The first kappa shape index (κ1) is 14.8. The van der Waals surface area contributed by atoms with Crippen LogP contribution in [0.25, 0.3) is 21.3 Å². The molecule has 5 heteroatoms. The Bertz CT molecular complexity index is 932. The Morgan fingerprint density at radius 3 is 2.73 bits per heavy atom. The molecule has 0 saturated heterocycles. The number of aryl methyl sites for hydroxylation is 1. The Morgan fingerprint density at radius 1 is 1.36 bits per heavy atom. The Labute approximate surface area is 137 Å². The molecule has 0 unspecified atom stereocenters. The predicted molar refractivity (Wildman–Crippen MR) is 92.5 cm³/mol. The highest BCUT2D eigenvalue weighted by Crippen LogP contribution is 2.31. The highest BCUT2D eigenvalue weighted by atomic mass is 35.5. The summed E-state index contributed by atoms with van der Waals surface area (Å²) < 4.78 is 1.58. The van der Waals surface area contributed by atoms with Crippen molar-refractivity contribution in [3.05, 3.63) is 50.8 Å². The molecule has 0 aliphatic heterocycles. The van der Waals surface area contributed by atoms with Gasteiger partial charge in [-0.3, -0.25) is 9.36 Å². The topological polar surface area (TPSA) is 34.9 Å². The molecule has 0 radical (unpaired) electrons. The van der Waals surface area contributed by atoms with Crippen LogP contribution in [0.2, 0.25) is 5.02 Å². The van der Waals surface area contributed by atoms with E-state index in [2.05, 4.69) is 10.9 Å². The zero-order chi connectivity index (χ0) is 15.7. The average Bonchev–Trinajstić information content (AvgIpc) is 2.95. The zero-order valence-electron chi connectivity index (χ0n) is 12.0. The van der Waals surface area contributed by atoms with Gasteiger partial charge >= 0.3 is 0 Å². The van der Waals surface area contributed by atoms with Crippen LogP contribution in [0.15, 0.2) is 34.4 Å². The molecule has 3 nitrogen and oxygen atoms in total. The van der Waals surface area contributed by atoms with E-state index in [1.165, 1.54) is 11.3 Å². The Morgan fingerprint density at radius 2 is 2.09 bits per heavy atom. The van der Waals surface area contributed by atoms with Crippen molar-refractivity contribution in [3.8, 4) is 23.5 Å². The summed E-state index contributed by atoms with van der Waals surface area (Å²) in [4.78, 5) is 18.2. The zero-order valence-corrected chi connectivity index (χ0v) is 13.5. The lowest BCUT2D eigenvalue weighted by molar-refractivity contribution is 0.712. The maximum atomic E-state index is 12.8. The van der Waals surface area contributed by atoms with Crippen LogP contribution in [0.4, 0.5) is 0 Å². The van der Waals surface area contributed by atoms with Gasteiger partial charge in [-0.2, -0.15) is 0 Å². The molecular formula is C17H13ClN2OS. The van der Waals surface area contributed by atoms with Crippen molar-refractivity contribution in [2.45, 2.75) is 19.9 Å². The number of aromatic nitrogens is 2. The summed E-state index contributed by atoms with van der Waals surface area (Å²) in [5.41, 5.74) is 1.75. The third kappa shape index (κ3) is 2.43. The van der Waals surface area contributed by atoms with Crippen molar-refractivity contribution in [3.63, 3.8) is 0 Å². The van der Waals surface area contributed by atoms with Crippen molar-refractivity contribution in [1.82, 2.24) is 9.55 Å². The summed E-state index contributed by atoms with van der Waals surface area (Å²) in [6.07, 6.45) is 6.06. The van der Waals surface area contributed by atoms with Gasteiger partial charge in [-0.25, -0.2) is 4.98 Å².